The molecular weight excluding hydrogens is 516 g/mol. The maximum absolute atomic E-state index is 14.1. The highest BCUT2D eigenvalue weighted by Crippen LogP contribution is 2.33. The number of aromatic nitrogens is 2. The van der Waals surface area contributed by atoms with Crippen LogP contribution in [0.2, 0.25) is 15.1 Å². The molecule has 4 rings (SSSR count). The van der Waals surface area contributed by atoms with Crippen LogP contribution in [0.4, 0.5) is 10.1 Å². The Bertz CT molecular complexity index is 1450. The van der Waals surface area contributed by atoms with Crippen LogP contribution in [-0.2, 0) is 4.74 Å². The number of hydrogen-bond acceptors (Lipinski definition) is 4. The molecule has 1 amide bonds. The zero-order valence-electron chi connectivity index (χ0n) is 18.4. The molecule has 35 heavy (non-hydrogen) atoms. The molecule has 6 nitrogen and oxygen atoms in total. The summed E-state index contributed by atoms with van der Waals surface area (Å²) in [7, 11) is 1.18. The normalized spacial score (nSPS) is 10.8. The molecule has 0 aliphatic carbocycles. The Balaban J connectivity index is 1.81. The van der Waals surface area contributed by atoms with E-state index in [1.165, 1.54) is 17.9 Å². The van der Waals surface area contributed by atoms with Gasteiger partial charge in [-0.3, -0.25) is 4.79 Å². The fourth-order valence-corrected chi connectivity index (χ4v) is 4.19. The van der Waals surface area contributed by atoms with E-state index in [1.807, 2.05) is 0 Å². The summed E-state index contributed by atoms with van der Waals surface area (Å²) < 4.78 is 20.2. The lowest BCUT2D eigenvalue weighted by molar-refractivity contribution is 0.0600. The van der Waals surface area contributed by atoms with Crippen molar-refractivity contribution in [1.82, 2.24) is 9.78 Å². The van der Waals surface area contributed by atoms with E-state index in [-0.39, 0.29) is 16.9 Å². The summed E-state index contributed by atoms with van der Waals surface area (Å²) in [6.07, 6.45) is 0. The van der Waals surface area contributed by atoms with E-state index in [1.54, 1.807) is 49.4 Å². The van der Waals surface area contributed by atoms with E-state index in [9.17, 15) is 14.0 Å². The van der Waals surface area contributed by atoms with Crippen LogP contribution in [-0.4, -0.2) is 28.8 Å². The summed E-state index contributed by atoms with van der Waals surface area (Å²) in [5.74, 6) is -2.05. The van der Waals surface area contributed by atoms with E-state index in [2.05, 4.69) is 15.2 Å². The highest BCUT2D eigenvalue weighted by Gasteiger charge is 2.24. The molecule has 0 spiro atoms. The number of ether oxygens (including phenoxy) is 1. The number of rotatable bonds is 5. The summed E-state index contributed by atoms with van der Waals surface area (Å²) in [6, 6.07) is 15.4. The minimum Gasteiger partial charge on any atom is -0.465 e. The van der Waals surface area contributed by atoms with E-state index in [0.717, 1.165) is 17.7 Å². The second-order valence-corrected chi connectivity index (χ2v) is 8.79. The van der Waals surface area contributed by atoms with Crippen molar-refractivity contribution < 1.29 is 18.7 Å². The number of esters is 1. The molecule has 4 aromatic rings. The molecular formula is C25H17Cl3FN3O3. The number of halogens is 4. The van der Waals surface area contributed by atoms with Crippen LogP contribution in [0, 0.1) is 12.7 Å². The Labute approximate surface area is 215 Å². The van der Waals surface area contributed by atoms with Gasteiger partial charge in [0.2, 0.25) is 0 Å². The molecule has 0 bridgehead atoms. The van der Waals surface area contributed by atoms with Crippen molar-refractivity contribution in [1.29, 1.82) is 0 Å². The van der Waals surface area contributed by atoms with Crippen molar-refractivity contribution in [2.24, 2.45) is 0 Å². The van der Waals surface area contributed by atoms with Crippen LogP contribution >= 0.6 is 34.8 Å². The molecule has 0 radical (unpaired) electrons. The zero-order chi connectivity index (χ0) is 25.3. The number of amides is 1. The smallest absolute Gasteiger partial charge is 0.338 e. The standard InChI is InChI=1S/C25H17Cl3FN3O3/c1-13-22(24(33)30-19-10-15(25(34)35-2)9-18(29)12-19)31-32(21-8-7-17(27)11-20(21)28)23(13)14-3-5-16(26)6-4-14/h3-12H,1-2H3,(H,30,33). The molecule has 0 fully saturated rings. The van der Waals surface area contributed by atoms with E-state index >= 15 is 0 Å². The number of anilines is 1. The van der Waals surface area contributed by atoms with Crippen LogP contribution in [0.25, 0.3) is 16.9 Å². The second-order valence-electron chi connectivity index (χ2n) is 7.51. The predicted octanol–water partition coefficient (Wildman–Crippen LogP) is 6.99. The van der Waals surface area contributed by atoms with Crippen molar-refractivity contribution in [2.45, 2.75) is 6.92 Å². The van der Waals surface area contributed by atoms with Crippen LogP contribution in [0.3, 0.4) is 0 Å². The van der Waals surface area contributed by atoms with Gasteiger partial charge in [-0.1, -0.05) is 46.9 Å². The van der Waals surface area contributed by atoms with E-state index in [4.69, 9.17) is 34.8 Å². The molecule has 0 atom stereocenters. The molecule has 0 aliphatic heterocycles. The van der Waals surface area contributed by atoms with Crippen molar-refractivity contribution in [3.8, 4) is 16.9 Å². The minimum atomic E-state index is -0.733. The predicted molar refractivity (Wildman–Crippen MR) is 134 cm³/mol. The van der Waals surface area contributed by atoms with Crippen molar-refractivity contribution in [3.63, 3.8) is 0 Å². The first-order chi connectivity index (χ1) is 16.7. The SMILES string of the molecule is COC(=O)c1cc(F)cc(NC(=O)c2nn(-c3ccc(Cl)cc3Cl)c(-c3ccc(Cl)cc3)c2C)c1. The quantitative estimate of drug-likeness (QED) is 0.281. The Hall–Kier alpha value is -3.39. The summed E-state index contributed by atoms with van der Waals surface area (Å²) in [4.78, 5) is 25.0. The van der Waals surface area contributed by atoms with Crippen molar-refractivity contribution in [2.75, 3.05) is 12.4 Å². The molecule has 1 N–H and O–H groups in total. The maximum atomic E-state index is 14.1. The molecule has 0 unspecified atom stereocenters. The van der Waals surface area contributed by atoms with Gasteiger partial charge in [0.05, 0.1) is 29.1 Å². The van der Waals surface area contributed by atoms with Gasteiger partial charge in [0.15, 0.2) is 5.69 Å². The van der Waals surface area contributed by atoms with Gasteiger partial charge in [-0.25, -0.2) is 13.9 Å². The Morgan fingerprint density at radius 3 is 2.31 bits per heavy atom. The van der Waals surface area contributed by atoms with Gasteiger partial charge in [-0.15, -0.1) is 0 Å². The number of carbonyl (C=O) groups excluding carboxylic acids is 2. The Morgan fingerprint density at radius 2 is 1.66 bits per heavy atom. The summed E-state index contributed by atoms with van der Waals surface area (Å²) in [5.41, 5.74) is 2.49. The van der Waals surface area contributed by atoms with Gasteiger partial charge in [0.25, 0.3) is 5.91 Å². The van der Waals surface area contributed by atoms with E-state index < -0.39 is 17.7 Å². The van der Waals surface area contributed by atoms with Crippen LogP contribution in [0.15, 0.2) is 60.7 Å². The van der Waals surface area contributed by atoms with Crippen LogP contribution < -0.4 is 5.32 Å². The monoisotopic (exact) mass is 531 g/mol. The zero-order valence-corrected chi connectivity index (χ0v) is 20.7. The van der Waals surface area contributed by atoms with Gasteiger partial charge in [0.1, 0.15) is 5.82 Å². The van der Waals surface area contributed by atoms with Crippen molar-refractivity contribution in [3.05, 3.63) is 98.4 Å². The third-order valence-electron chi connectivity index (χ3n) is 5.17. The average Bonchev–Trinajstić information content (AvgIpc) is 3.15. The first-order valence-electron chi connectivity index (χ1n) is 10.2. The first-order valence-corrected chi connectivity index (χ1v) is 11.3. The molecule has 0 saturated carbocycles. The molecule has 10 heteroatoms. The van der Waals surface area contributed by atoms with Crippen LogP contribution in [0.5, 0.6) is 0 Å². The Morgan fingerprint density at radius 1 is 0.971 bits per heavy atom. The lowest BCUT2D eigenvalue weighted by Crippen LogP contribution is -2.15. The lowest BCUT2D eigenvalue weighted by Gasteiger charge is -2.11. The Kier molecular flexibility index (Phi) is 7.12. The van der Waals surface area contributed by atoms with Gasteiger partial charge < -0.3 is 10.1 Å². The van der Waals surface area contributed by atoms with Crippen LogP contribution in [0.1, 0.15) is 26.4 Å². The minimum absolute atomic E-state index is 0.0418. The van der Waals surface area contributed by atoms with Gasteiger partial charge in [-0.2, -0.15) is 5.10 Å². The number of carbonyl (C=O) groups is 2. The number of hydrogen-bond donors (Lipinski definition) is 1. The molecule has 1 aromatic heterocycles. The topological polar surface area (TPSA) is 73.2 Å². The molecule has 0 aliphatic rings. The first kappa shape index (κ1) is 24.7. The van der Waals surface area contributed by atoms with Gasteiger partial charge in [0, 0.05) is 26.9 Å². The highest BCUT2D eigenvalue weighted by atomic mass is 35.5. The summed E-state index contributed by atoms with van der Waals surface area (Å²) in [5, 5.41) is 8.44. The number of nitrogens with one attached hydrogen (secondary N) is 1. The number of nitrogens with zero attached hydrogens (tertiary/aromatic N) is 2. The highest BCUT2D eigenvalue weighted by molar-refractivity contribution is 6.35. The second kappa shape index (κ2) is 10.1. The fraction of sp³-hybridized carbons (Fsp3) is 0.0800. The lowest BCUT2D eigenvalue weighted by atomic mass is 10.1. The third kappa shape index (κ3) is 5.17. The van der Waals surface area contributed by atoms with Gasteiger partial charge in [-0.05, 0) is 55.5 Å². The molecule has 0 saturated heterocycles. The molecule has 178 valence electrons. The number of benzene rings is 3. The maximum Gasteiger partial charge on any atom is 0.338 e. The van der Waals surface area contributed by atoms with E-state index in [0.29, 0.717) is 32.0 Å². The summed E-state index contributed by atoms with van der Waals surface area (Å²) >= 11 is 18.6. The molecule has 1 heterocycles. The third-order valence-corrected chi connectivity index (χ3v) is 5.96. The fourth-order valence-electron chi connectivity index (χ4n) is 3.57. The number of methoxy groups -OCH3 is 1. The molecule has 3 aromatic carbocycles. The van der Waals surface area contributed by atoms with Crippen molar-refractivity contribution >= 4 is 52.4 Å². The average molecular weight is 533 g/mol. The summed E-state index contributed by atoms with van der Waals surface area (Å²) in [6.45, 7) is 1.73. The largest absolute Gasteiger partial charge is 0.465 e. The van der Waals surface area contributed by atoms with Gasteiger partial charge >= 0.3 is 5.97 Å².